The van der Waals surface area contributed by atoms with Gasteiger partial charge >= 0.3 is 0 Å². The van der Waals surface area contributed by atoms with E-state index in [0.29, 0.717) is 22.3 Å². The van der Waals surface area contributed by atoms with E-state index in [1.807, 2.05) is 18.2 Å². The summed E-state index contributed by atoms with van der Waals surface area (Å²) >= 11 is 0. The van der Waals surface area contributed by atoms with Gasteiger partial charge in [0.25, 0.3) is 0 Å². The number of halogens is 1. The number of primary amides is 1. The number of hydrogen-bond donors (Lipinski definition) is 3. The third-order valence-electron chi connectivity index (χ3n) is 4.62. The summed E-state index contributed by atoms with van der Waals surface area (Å²) < 4.78 is 13.1. The van der Waals surface area contributed by atoms with Gasteiger partial charge in [-0.15, -0.1) is 0 Å². The number of para-hydroxylation sites is 2. The molecule has 0 radical (unpaired) electrons. The van der Waals surface area contributed by atoms with Crippen molar-refractivity contribution in [3.63, 3.8) is 0 Å². The smallest absolute Gasteiger partial charge is 0.243 e. The number of nitrogens with zero attached hydrogens (tertiary/aromatic N) is 2. The van der Waals surface area contributed by atoms with Crippen molar-refractivity contribution in [1.82, 2.24) is 20.6 Å². The van der Waals surface area contributed by atoms with Crippen LogP contribution in [0.25, 0.3) is 11.0 Å². The SMILES string of the molecule is CC(=O)N[C@@H](Cc1ccc(F)cc1)C(=O)N[C@H](Cc1cnc2ccccc2n1)C(N)=O. The number of benzene rings is 2. The average molecular weight is 423 g/mol. The Bertz CT molecular complexity index is 1100. The van der Waals surface area contributed by atoms with E-state index in [-0.39, 0.29) is 12.8 Å². The minimum atomic E-state index is -1.05. The summed E-state index contributed by atoms with van der Waals surface area (Å²) in [5.41, 5.74) is 7.97. The largest absolute Gasteiger partial charge is 0.368 e. The van der Waals surface area contributed by atoms with Crippen LogP contribution in [-0.4, -0.2) is 39.8 Å². The molecule has 0 fully saturated rings. The fraction of sp³-hybridized carbons (Fsp3) is 0.227. The van der Waals surface area contributed by atoms with Crippen molar-refractivity contribution in [3.8, 4) is 0 Å². The second-order valence-electron chi connectivity index (χ2n) is 7.10. The second kappa shape index (κ2) is 9.75. The average Bonchev–Trinajstić information content (AvgIpc) is 2.73. The molecular formula is C22H22FN5O3. The maximum atomic E-state index is 13.1. The Kier molecular flexibility index (Phi) is 6.86. The summed E-state index contributed by atoms with van der Waals surface area (Å²) in [7, 11) is 0. The molecule has 8 nitrogen and oxygen atoms in total. The summed E-state index contributed by atoms with van der Waals surface area (Å²) in [6.45, 7) is 1.28. The van der Waals surface area contributed by atoms with Crippen LogP contribution < -0.4 is 16.4 Å². The lowest BCUT2D eigenvalue weighted by Crippen LogP contribution is -2.54. The number of fused-ring (bicyclic) bond motifs is 1. The van der Waals surface area contributed by atoms with Crippen LogP contribution in [0.15, 0.2) is 54.7 Å². The Morgan fingerprint density at radius 1 is 0.968 bits per heavy atom. The molecule has 4 N–H and O–H groups in total. The lowest BCUT2D eigenvalue weighted by molar-refractivity contribution is -0.130. The molecule has 0 saturated heterocycles. The topological polar surface area (TPSA) is 127 Å². The molecule has 0 unspecified atom stereocenters. The van der Waals surface area contributed by atoms with E-state index in [1.165, 1.54) is 37.4 Å². The van der Waals surface area contributed by atoms with E-state index in [9.17, 15) is 18.8 Å². The first-order valence-corrected chi connectivity index (χ1v) is 9.63. The van der Waals surface area contributed by atoms with E-state index < -0.39 is 35.6 Å². The van der Waals surface area contributed by atoms with E-state index in [0.717, 1.165) is 0 Å². The molecule has 0 bridgehead atoms. The number of aromatic nitrogens is 2. The molecule has 3 aromatic rings. The minimum absolute atomic E-state index is 0.0439. The predicted octanol–water partition coefficient (Wildman–Crippen LogP) is 1.03. The molecule has 0 spiro atoms. The Balaban J connectivity index is 1.74. The van der Waals surface area contributed by atoms with E-state index in [1.54, 1.807) is 6.07 Å². The number of nitrogens with one attached hydrogen (secondary N) is 2. The molecule has 0 aliphatic heterocycles. The predicted molar refractivity (Wildman–Crippen MR) is 112 cm³/mol. The summed E-state index contributed by atoms with van der Waals surface area (Å²) in [4.78, 5) is 45.1. The highest BCUT2D eigenvalue weighted by Gasteiger charge is 2.26. The lowest BCUT2D eigenvalue weighted by atomic mass is 10.0. The zero-order valence-electron chi connectivity index (χ0n) is 16.8. The lowest BCUT2D eigenvalue weighted by Gasteiger charge is -2.21. The molecule has 0 saturated carbocycles. The van der Waals surface area contributed by atoms with Crippen molar-refractivity contribution >= 4 is 28.8 Å². The van der Waals surface area contributed by atoms with Gasteiger partial charge in [-0.3, -0.25) is 19.4 Å². The third kappa shape index (κ3) is 6.05. The van der Waals surface area contributed by atoms with Crippen LogP contribution in [0, 0.1) is 5.82 Å². The standard InChI is InChI=1S/C22H22FN5O3/c1-13(29)26-20(10-14-6-8-15(23)9-7-14)22(31)28-19(21(24)30)11-16-12-25-17-4-2-3-5-18(17)27-16/h2-9,12,19-20H,10-11H2,1H3,(H2,24,30)(H,26,29)(H,28,31)/t19-,20+/m1/s1. The number of carbonyl (C=O) groups is 3. The molecule has 1 aromatic heterocycles. The van der Waals surface area contributed by atoms with Gasteiger partial charge in [0.2, 0.25) is 17.7 Å². The summed E-state index contributed by atoms with van der Waals surface area (Å²) in [6, 6.07) is 10.8. The van der Waals surface area contributed by atoms with Crippen LogP contribution in [0.2, 0.25) is 0 Å². The molecule has 160 valence electrons. The van der Waals surface area contributed by atoms with Gasteiger partial charge in [-0.25, -0.2) is 9.37 Å². The minimum Gasteiger partial charge on any atom is -0.368 e. The fourth-order valence-corrected chi connectivity index (χ4v) is 3.11. The molecule has 0 aliphatic rings. The van der Waals surface area contributed by atoms with Gasteiger partial charge in [0, 0.05) is 26.0 Å². The maximum Gasteiger partial charge on any atom is 0.243 e. The number of hydrogen-bond acceptors (Lipinski definition) is 5. The van der Waals surface area contributed by atoms with E-state index >= 15 is 0 Å². The summed E-state index contributed by atoms with van der Waals surface area (Å²) in [5.74, 6) is -2.16. The van der Waals surface area contributed by atoms with Crippen LogP contribution in [-0.2, 0) is 27.2 Å². The van der Waals surface area contributed by atoms with Crippen molar-refractivity contribution in [2.75, 3.05) is 0 Å². The molecule has 1 heterocycles. The highest BCUT2D eigenvalue weighted by atomic mass is 19.1. The van der Waals surface area contributed by atoms with Crippen molar-refractivity contribution in [3.05, 3.63) is 71.8 Å². The highest BCUT2D eigenvalue weighted by molar-refractivity contribution is 5.91. The van der Waals surface area contributed by atoms with Crippen LogP contribution in [0.4, 0.5) is 4.39 Å². The Labute approximate surface area is 178 Å². The molecule has 2 atom stereocenters. The molecule has 3 rings (SSSR count). The number of carbonyl (C=O) groups excluding carboxylic acids is 3. The van der Waals surface area contributed by atoms with Gasteiger partial charge in [0.15, 0.2) is 0 Å². The van der Waals surface area contributed by atoms with Crippen LogP contribution in [0.1, 0.15) is 18.2 Å². The first kappa shape index (κ1) is 21.8. The third-order valence-corrected chi connectivity index (χ3v) is 4.62. The van der Waals surface area contributed by atoms with Gasteiger partial charge in [-0.2, -0.15) is 0 Å². The fourth-order valence-electron chi connectivity index (χ4n) is 3.11. The van der Waals surface area contributed by atoms with Crippen LogP contribution in [0.5, 0.6) is 0 Å². The van der Waals surface area contributed by atoms with Crippen LogP contribution >= 0.6 is 0 Å². The van der Waals surface area contributed by atoms with Crippen LogP contribution in [0.3, 0.4) is 0 Å². The molecule has 9 heteroatoms. The number of rotatable bonds is 8. The summed E-state index contributed by atoms with van der Waals surface area (Å²) in [6.07, 6.45) is 1.68. The molecule has 31 heavy (non-hydrogen) atoms. The molecular weight excluding hydrogens is 401 g/mol. The monoisotopic (exact) mass is 423 g/mol. The van der Waals surface area contributed by atoms with Gasteiger partial charge in [0.05, 0.1) is 16.7 Å². The van der Waals surface area contributed by atoms with Crippen molar-refractivity contribution in [2.24, 2.45) is 5.73 Å². The quantitative estimate of drug-likeness (QED) is 0.499. The molecule has 0 aliphatic carbocycles. The van der Waals surface area contributed by atoms with Gasteiger partial charge in [-0.1, -0.05) is 24.3 Å². The number of nitrogens with two attached hydrogens (primary N) is 1. The second-order valence-corrected chi connectivity index (χ2v) is 7.10. The zero-order chi connectivity index (χ0) is 22.4. The zero-order valence-corrected chi connectivity index (χ0v) is 16.8. The van der Waals surface area contributed by atoms with E-state index in [4.69, 9.17) is 5.73 Å². The maximum absolute atomic E-state index is 13.1. The Morgan fingerprint density at radius 3 is 2.29 bits per heavy atom. The number of amides is 3. The Hall–Kier alpha value is -3.88. The Morgan fingerprint density at radius 2 is 1.65 bits per heavy atom. The molecule has 2 aromatic carbocycles. The van der Waals surface area contributed by atoms with Crippen molar-refractivity contribution in [2.45, 2.75) is 31.8 Å². The summed E-state index contributed by atoms with van der Waals surface area (Å²) in [5, 5.41) is 5.13. The van der Waals surface area contributed by atoms with Gasteiger partial charge in [0.1, 0.15) is 17.9 Å². The highest BCUT2D eigenvalue weighted by Crippen LogP contribution is 2.11. The normalized spacial score (nSPS) is 12.7. The van der Waals surface area contributed by atoms with Gasteiger partial charge in [-0.05, 0) is 29.8 Å². The first-order chi connectivity index (χ1) is 14.8. The first-order valence-electron chi connectivity index (χ1n) is 9.63. The van der Waals surface area contributed by atoms with Crippen molar-refractivity contribution in [1.29, 1.82) is 0 Å². The van der Waals surface area contributed by atoms with Gasteiger partial charge < -0.3 is 16.4 Å². The van der Waals surface area contributed by atoms with Crippen molar-refractivity contribution < 1.29 is 18.8 Å². The molecule has 3 amide bonds. The van der Waals surface area contributed by atoms with E-state index in [2.05, 4.69) is 20.6 Å².